The standard InChI is InChI=1S/C20H22Cl2N4O3S/c1-4-26-18-8-6-14(30(28,29)25(2)3)12-17(18)23-19(26)9-10-20(27)24-16-11-13(21)5-7-15(16)22/h5-8,11-12H,4,9-10H2,1-3H3,(H,24,27). The molecule has 30 heavy (non-hydrogen) atoms. The zero-order valence-corrected chi connectivity index (χ0v) is 19.1. The Kier molecular flexibility index (Phi) is 6.71. The van der Waals surface area contributed by atoms with E-state index in [4.69, 9.17) is 23.2 Å². The van der Waals surface area contributed by atoms with Crippen molar-refractivity contribution in [2.75, 3.05) is 19.4 Å². The van der Waals surface area contributed by atoms with Crippen molar-refractivity contribution >= 4 is 55.9 Å². The lowest BCUT2D eigenvalue weighted by molar-refractivity contribution is -0.116. The summed E-state index contributed by atoms with van der Waals surface area (Å²) in [7, 11) is -0.577. The van der Waals surface area contributed by atoms with Crippen LogP contribution in [0.2, 0.25) is 10.0 Å². The van der Waals surface area contributed by atoms with E-state index in [9.17, 15) is 13.2 Å². The lowest BCUT2D eigenvalue weighted by Crippen LogP contribution is -2.22. The summed E-state index contributed by atoms with van der Waals surface area (Å²) in [5.41, 5.74) is 1.85. The summed E-state index contributed by atoms with van der Waals surface area (Å²) in [6.45, 7) is 2.62. The van der Waals surface area contributed by atoms with Gasteiger partial charge in [0.05, 0.1) is 26.6 Å². The number of benzene rings is 2. The molecule has 0 bridgehead atoms. The molecule has 0 aliphatic rings. The van der Waals surface area contributed by atoms with Gasteiger partial charge >= 0.3 is 0 Å². The second kappa shape index (κ2) is 8.93. The Morgan fingerprint density at radius 1 is 1.17 bits per heavy atom. The average molecular weight is 469 g/mol. The van der Waals surface area contributed by atoms with E-state index in [1.807, 2.05) is 11.5 Å². The van der Waals surface area contributed by atoms with Gasteiger partial charge in [0.15, 0.2) is 0 Å². The lowest BCUT2D eigenvalue weighted by Gasteiger charge is -2.11. The molecule has 160 valence electrons. The molecule has 0 aliphatic heterocycles. The van der Waals surface area contributed by atoms with Crippen molar-refractivity contribution in [1.82, 2.24) is 13.9 Å². The van der Waals surface area contributed by atoms with Crippen LogP contribution in [0.5, 0.6) is 0 Å². The van der Waals surface area contributed by atoms with Crippen LogP contribution in [0, 0.1) is 0 Å². The molecule has 0 unspecified atom stereocenters. The van der Waals surface area contributed by atoms with Crippen LogP contribution in [0.4, 0.5) is 5.69 Å². The zero-order valence-electron chi connectivity index (χ0n) is 16.8. The molecule has 0 aliphatic carbocycles. The number of halogens is 2. The molecule has 0 saturated heterocycles. The van der Waals surface area contributed by atoms with Crippen molar-refractivity contribution in [3.63, 3.8) is 0 Å². The van der Waals surface area contributed by atoms with Gasteiger partial charge in [0.25, 0.3) is 0 Å². The number of nitrogens with zero attached hydrogens (tertiary/aromatic N) is 3. The largest absolute Gasteiger partial charge is 0.328 e. The number of aromatic nitrogens is 2. The van der Waals surface area contributed by atoms with Crippen LogP contribution in [0.1, 0.15) is 19.2 Å². The smallest absolute Gasteiger partial charge is 0.242 e. The second-order valence-corrected chi connectivity index (χ2v) is 9.88. The van der Waals surface area contributed by atoms with Crippen LogP contribution in [0.25, 0.3) is 11.0 Å². The normalized spacial score (nSPS) is 11.9. The number of sulfonamides is 1. The van der Waals surface area contributed by atoms with Gasteiger partial charge in [-0.3, -0.25) is 4.79 Å². The van der Waals surface area contributed by atoms with Crippen molar-refractivity contribution < 1.29 is 13.2 Å². The molecule has 0 fully saturated rings. The summed E-state index contributed by atoms with van der Waals surface area (Å²) in [6, 6.07) is 9.74. The minimum absolute atomic E-state index is 0.181. The highest BCUT2D eigenvalue weighted by Gasteiger charge is 2.20. The molecular formula is C20H22Cl2N4O3S. The van der Waals surface area contributed by atoms with Crippen LogP contribution in [-0.2, 0) is 27.8 Å². The highest BCUT2D eigenvalue weighted by atomic mass is 35.5. The number of carbonyl (C=O) groups excluding carboxylic acids is 1. The number of imidazole rings is 1. The van der Waals surface area contributed by atoms with E-state index in [-0.39, 0.29) is 17.2 Å². The van der Waals surface area contributed by atoms with Gasteiger partial charge in [-0.1, -0.05) is 23.2 Å². The molecule has 0 spiro atoms. The first-order chi connectivity index (χ1) is 14.1. The number of carbonyl (C=O) groups is 1. The van der Waals surface area contributed by atoms with Crippen LogP contribution >= 0.6 is 23.2 Å². The molecule has 7 nitrogen and oxygen atoms in total. The van der Waals surface area contributed by atoms with E-state index in [0.717, 1.165) is 9.82 Å². The van der Waals surface area contributed by atoms with E-state index in [1.54, 1.807) is 36.4 Å². The Bertz CT molecular complexity index is 1210. The van der Waals surface area contributed by atoms with E-state index in [1.165, 1.54) is 14.1 Å². The van der Waals surface area contributed by atoms with E-state index < -0.39 is 10.0 Å². The molecule has 1 N–H and O–H groups in total. The molecule has 1 heterocycles. The molecule has 3 rings (SSSR count). The minimum atomic E-state index is -3.55. The van der Waals surface area contributed by atoms with Gasteiger partial charge in [-0.2, -0.15) is 0 Å². The number of fused-ring (bicyclic) bond motifs is 1. The van der Waals surface area contributed by atoms with Crippen molar-refractivity contribution in [2.24, 2.45) is 0 Å². The zero-order chi connectivity index (χ0) is 22.1. The Labute approximate surface area is 185 Å². The van der Waals surface area contributed by atoms with Crippen molar-refractivity contribution in [3.8, 4) is 0 Å². The molecule has 1 aromatic heterocycles. The van der Waals surface area contributed by atoms with Gasteiger partial charge < -0.3 is 9.88 Å². The predicted molar refractivity (Wildman–Crippen MR) is 120 cm³/mol. The van der Waals surface area contributed by atoms with Gasteiger partial charge in [-0.05, 0) is 43.3 Å². The second-order valence-electron chi connectivity index (χ2n) is 6.88. The number of rotatable bonds is 7. The third-order valence-electron chi connectivity index (χ3n) is 4.67. The van der Waals surface area contributed by atoms with Crippen LogP contribution in [-0.4, -0.2) is 42.3 Å². The molecule has 0 radical (unpaired) electrons. The fourth-order valence-electron chi connectivity index (χ4n) is 3.11. The Balaban J connectivity index is 1.82. The number of aryl methyl sites for hydroxylation is 2. The summed E-state index contributed by atoms with van der Waals surface area (Å²) in [4.78, 5) is 17.2. The van der Waals surface area contributed by atoms with E-state index in [0.29, 0.717) is 40.0 Å². The first kappa shape index (κ1) is 22.6. The minimum Gasteiger partial charge on any atom is -0.328 e. The SMILES string of the molecule is CCn1c(CCC(=O)Nc2cc(Cl)ccc2Cl)nc2cc(S(=O)(=O)N(C)C)ccc21. The molecule has 2 aromatic carbocycles. The summed E-state index contributed by atoms with van der Waals surface area (Å²) >= 11 is 12.0. The van der Waals surface area contributed by atoms with E-state index in [2.05, 4.69) is 10.3 Å². The monoisotopic (exact) mass is 468 g/mol. The fourth-order valence-corrected chi connectivity index (χ4v) is 4.36. The summed E-state index contributed by atoms with van der Waals surface area (Å²) in [5, 5.41) is 3.64. The topological polar surface area (TPSA) is 84.3 Å². The molecule has 10 heteroatoms. The maximum atomic E-state index is 12.4. The third kappa shape index (κ3) is 4.62. The fraction of sp³-hybridized carbons (Fsp3) is 0.300. The quantitative estimate of drug-likeness (QED) is 0.563. The Morgan fingerprint density at radius 2 is 1.90 bits per heavy atom. The van der Waals surface area contributed by atoms with Crippen molar-refractivity contribution in [2.45, 2.75) is 31.2 Å². The number of nitrogens with one attached hydrogen (secondary N) is 1. The molecule has 1 amide bonds. The van der Waals surface area contributed by atoms with Crippen LogP contribution < -0.4 is 5.32 Å². The average Bonchev–Trinajstić information content (AvgIpc) is 3.05. The van der Waals surface area contributed by atoms with Gasteiger partial charge in [-0.15, -0.1) is 0 Å². The molecular weight excluding hydrogens is 447 g/mol. The highest BCUT2D eigenvalue weighted by Crippen LogP contribution is 2.26. The van der Waals surface area contributed by atoms with Crippen LogP contribution in [0.15, 0.2) is 41.3 Å². The number of hydrogen-bond donors (Lipinski definition) is 1. The van der Waals surface area contributed by atoms with Gasteiger partial charge in [0, 0.05) is 38.5 Å². The predicted octanol–water partition coefficient (Wildman–Crippen LogP) is 4.18. The van der Waals surface area contributed by atoms with Gasteiger partial charge in [-0.25, -0.2) is 17.7 Å². The third-order valence-corrected chi connectivity index (χ3v) is 7.05. The van der Waals surface area contributed by atoms with Crippen LogP contribution in [0.3, 0.4) is 0 Å². The number of amides is 1. The Hall–Kier alpha value is -2.13. The lowest BCUT2D eigenvalue weighted by atomic mass is 10.2. The first-order valence-electron chi connectivity index (χ1n) is 9.30. The molecule has 0 saturated carbocycles. The molecule has 3 aromatic rings. The number of hydrogen-bond acceptors (Lipinski definition) is 4. The Morgan fingerprint density at radius 3 is 2.57 bits per heavy atom. The summed E-state index contributed by atoms with van der Waals surface area (Å²) < 4.78 is 27.9. The summed E-state index contributed by atoms with van der Waals surface area (Å²) in [5.74, 6) is 0.490. The van der Waals surface area contributed by atoms with E-state index >= 15 is 0 Å². The summed E-state index contributed by atoms with van der Waals surface area (Å²) in [6.07, 6.45) is 0.581. The highest BCUT2D eigenvalue weighted by molar-refractivity contribution is 7.89. The maximum absolute atomic E-state index is 12.4. The van der Waals surface area contributed by atoms with Crippen molar-refractivity contribution in [1.29, 1.82) is 0 Å². The first-order valence-corrected chi connectivity index (χ1v) is 11.5. The van der Waals surface area contributed by atoms with Gasteiger partial charge in [0.1, 0.15) is 5.82 Å². The van der Waals surface area contributed by atoms with Gasteiger partial charge in [0.2, 0.25) is 15.9 Å². The maximum Gasteiger partial charge on any atom is 0.242 e. The molecule has 0 atom stereocenters. The van der Waals surface area contributed by atoms with Crippen molar-refractivity contribution in [3.05, 3.63) is 52.3 Å². The number of anilines is 1.